The highest BCUT2D eigenvalue weighted by atomic mass is 35.5. The molecule has 2 amide bonds. The molecule has 0 atom stereocenters. The molecule has 3 aliphatic carbocycles. The van der Waals surface area contributed by atoms with Crippen LogP contribution in [-0.4, -0.2) is 88.2 Å². The molecule has 376 valence electrons. The Hall–Kier alpha value is -5.14. The van der Waals surface area contributed by atoms with Crippen molar-refractivity contribution in [3.05, 3.63) is 140 Å². The number of halogens is 4. The van der Waals surface area contributed by atoms with Crippen molar-refractivity contribution in [2.45, 2.75) is 104 Å². The summed E-state index contributed by atoms with van der Waals surface area (Å²) in [6.07, 6.45) is 2.93. The minimum absolute atomic E-state index is 0.0684. The first-order chi connectivity index (χ1) is 33.5. The molecule has 13 heteroatoms. The van der Waals surface area contributed by atoms with Crippen LogP contribution < -0.4 is 20.1 Å². The van der Waals surface area contributed by atoms with Crippen LogP contribution in [0.4, 0.5) is 13.2 Å². The van der Waals surface area contributed by atoms with Gasteiger partial charge < -0.3 is 24.8 Å². The van der Waals surface area contributed by atoms with E-state index >= 15 is 0 Å². The maximum Gasteiger partial charge on any atom is 0.416 e. The number of carbonyl (C=O) groups excluding carboxylic acids is 2. The third-order valence-electron chi connectivity index (χ3n) is 14.4. The number of carbonyl (C=O) groups is 2. The highest BCUT2D eigenvalue weighted by Crippen LogP contribution is 2.44. The molecule has 70 heavy (non-hydrogen) atoms. The number of nitrogens with zero attached hydrogens (tertiary/aromatic N) is 2. The SMILES string of the molecule is CNC(=O)C1CN(CC2=C(C)c3ccc(OCc4ccc(Cl)c(OC(C)C)c4)cc3CC2)C1.CNC(=O)C1CN(CC2=C(C)c3ccccc3CC2)C1.COCc1ccc(C(F)(F)F)c(C2CCC2)c1. The molecule has 0 radical (unpaired) electrons. The van der Waals surface area contributed by atoms with E-state index in [0.717, 1.165) is 101 Å². The quantitative estimate of drug-likeness (QED) is 0.130. The van der Waals surface area contributed by atoms with Crippen LogP contribution in [0.5, 0.6) is 11.5 Å². The lowest BCUT2D eigenvalue weighted by atomic mass is 9.77. The van der Waals surface area contributed by atoms with E-state index < -0.39 is 11.7 Å². The second kappa shape index (κ2) is 23.8. The van der Waals surface area contributed by atoms with E-state index in [1.807, 2.05) is 32.0 Å². The van der Waals surface area contributed by atoms with Crippen molar-refractivity contribution in [1.82, 2.24) is 20.4 Å². The van der Waals surface area contributed by atoms with Gasteiger partial charge in [-0.15, -0.1) is 0 Å². The van der Waals surface area contributed by atoms with E-state index in [0.29, 0.717) is 29.5 Å². The van der Waals surface area contributed by atoms with Crippen LogP contribution >= 0.6 is 11.6 Å². The first kappa shape index (κ1) is 52.7. The van der Waals surface area contributed by atoms with Gasteiger partial charge in [0, 0.05) is 60.5 Å². The average molecular weight is 984 g/mol. The molecule has 3 fully saturated rings. The summed E-state index contributed by atoms with van der Waals surface area (Å²) in [6.45, 7) is 14.7. The van der Waals surface area contributed by atoms with Crippen LogP contribution in [0.1, 0.15) is 110 Å². The van der Waals surface area contributed by atoms with Crippen molar-refractivity contribution in [3.63, 3.8) is 0 Å². The predicted octanol–water partition coefficient (Wildman–Crippen LogP) is 11.3. The van der Waals surface area contributed by atoms with Gasteiger partial charge in [0.05, 0.1) is 35.1 Å². The predicted molar refractivity (Wildman–Crippen MR) is 273 cm³/mol. The molecule has 2 aliphatic heterocycles. The maximum absolute atomic E-state index is 12.9. The molecule has 0 spiro atoms. The lowest BCUT2D eigenvalue weighted by Crippen LogP contribution is -2.53. The summed E-state index contributed by atoms with van der Waals surface area (Å²) in [7, 11) is 4.97. The highest BCUT2D eigenvalue weighted by molar-refractivity contribution is 6.32. The number of allylic oxidation sites excluding steroid dienone is 2. The third kappa shape index (κ3) is 13.2. The lowest BCUT2D eigenvalue weighted by Gasteiger charge is -2.39. The van der Waals surface area contributed by atoms with Crippen LogP contribution in [0, 0.1) is 11.8 Å². The Bertz CT molecular complexity index is 2540. The molecule has 2 saturated heterocycles. The minimum atomic E-state index is -4.25. The summed E-state index contributed by atoms with van der Waals surface area (Å²) in [5, 5.41) is 6.10. The number of methoxy groups -OCH3 is 1. The number of alkyl halides is 3. The number of hydrogen-bond donors (Lipinski definition) is 2. The van der Waals surface area contributed by atoms with E-state index in [1.54, 1.807) is 32.8 Å². The molecule has 2 N–H and O–H groups in total. The molecular formula is C57H70ClF3N4O5. The largest absolute Gasteiger partial charge is 0.489 e. The van der Waals surface area contributed by atoms with Crippen LogP contribution in [0.25, 0.3) is 11.1 Å². The van der Waals surface area contributed by atoms with Gasteiger partial charge in [0.15, 0.2) is 0 Å². The Morgan fingerprint density at radius 3 is 1.86 bits per heavy atom. The number of aryl methyl sites for hydroxylation is 2. The number of fused-ring (bicyclic) bond motifs is 2. The zero-order valence-electron chi connectivity index (χ0n) is 41.9. The molecule has 0 aromatic heterocycles. The fraction of sp³-hybridized carbons (Fsp3) is 0.474. The zero-order chi connectivity index (χ0) is 50.1. The fourth-order valence-electron chi connectivity index (χ4n) is 10.1. The van der Waals surface area contributed by atoms with Gasteiger partial charge in [-0.05, 0) is 153 Å². The van der Waals surface area contributed by atoms with Crippen molar-refractivity contribution in [1.29, 1.82) is 0 Å². The smallest absolute Gasteiger partial charge is 0.416 e. The van der Waals surface area contributed by atoms with Gasteiger partial charge in [-0.1, -0.05) is 77.7 Å². The summed E-state index contributed by atoms with van der Waals surface area (Å²) in [5.74, 6) is 2.31. The standard InChI is InChI=1S/C27H33ClN2O3.C17H22N2O.C13H15F3O/c1-17(2)33-26-11-19(5-10-25(26)28)16-32-23-8-9-24-18(3)21(7-6-20(24)12-23)13-30-14-22(15-30)27(31)29-4;1-12-14(8-7-13-5-3-4-6-16(12)13)9-19-10-15(11-19)17(20)18-2;1-17-8-9-5-6-12(13(14,15)16)11(7-9)10-3-2-4-10/h5,8-12,17,22H,6-7,13-16H2,1-4H3,(H,29,31);3-6,15H,7-11H2,1-2H3,(H,18,20);5-7,10H,2-4,8H2,1H3. The number of rotatable bonds is 14. The lowest BCUT2D eigenvalue weighted by molar-refractivity contribution is -0.138. The molecular weight excluding hydrogens is 913 g/mol. The van der Waals surface area contributed by atoms with Crippen molar-refractivity contribution >= 4 is 34.6 Å². The summed E-state index contributed by atoms with van der Waals surface area (Å²) in [5.41, 5.74) is 13.1. The van der Waals surface area contributed by atoms with E-state index in [1.165, 1.54) is 51.1 Å². The van der Waals surface area contributed by atoms with Crippen molar-refractivity contribution in [2.75, 3.05) is 60.5 Å². The first-order valence-corrected chi connectivity index (χ1v) is 25.2. The van der Waals surface area contributed by atoms with Gasteiger partial charge in [0.25, 0.3) is 0 Å². The van der Waals surface area contributed by atoms with E-state index in [-0.39, 0.29) is 35.7 Å². The van der Waals surface area contributed by atoms with Gasteiger partial charge in [0.2, 0.25) is 11.8 Å². The minimum Gasteiger partial charge on any atom is -0.489 e. The van der Waals surface area contributed by atoms with E-state index in [9.17, 15) is 22.8 Å². The zero-order valence-corrected chi connectivity index (χ0v) is 42.6. The number of ether oxygens (including phenoxy) is 3. The van der Waals surface area contributed by atoms with Gasteiger partial charge in [-0.25, -0.2) is 0 Å². The summed E-state index contributed by atoms with van der Waals surface area (Å²) in [4.78, 5) is 28.0. The molecule has 1 saturated carbocycles. The number of amides is 2. The first-order valence-electron chi connectivity index (χ1n) is 24.8. The fourth-order valence-corrected chi connectivity index (χ4v) is 10.2. The second-order valence-corrected chi connectivity index (χ2v) is 20.1. The maximum atomic E-state index is 12.9. The molecule has 0 bridgehead atoms. The van der Waals surface area contributed by atoms with Gasteiger partial charge >= 0.3 is 6.18 Å². The van der Waals surface area contributed by atoms with E-state index in [4.69, 9.17) is 25.8 Å². The summed E-state index contributed by atoms with van der Waals surface area (Å²) >= 11 is 6.24. The van der Waals surface area contributed by atoms with Crippen LogP contribution in [0.15, 0.2) is 90.0 Å². The topological polar surface area (TPSA) is 92.4 Å². The normalized spacial score (nSPS) is 17.4. The molecule has 9 rings (SSSR count). The number of likely N-dealkylation sites (tertiary alicyclic amines) is 2. The Kier molecular flexibility index (Phi) is 17.9. The van der Waals surface area contributed by atoms with Crippen LogP contribution in [0.2, 0.25) is 5.02 Å². The molecule has 4 aromatic rings. The van der Waals surface area contributed by atoms with Crippen LogP contribution in [0.3, 0.4) is 0 Å². The Labute approximate surface area is 417 Å². The van der Waals surface area contributed by atoms with E-state index in [2.05, 4.69) is 76.7 Å². The van der Waals surface area contributed by atoms with Crippen molar-refractivity contribution in [2.24, 2.45) is 11.8 Å². The van der Waals surface area contributed by atoms with Gasteiger partial charge in [-0.3, -0.25) is 19.4 Å². The highest BCUT2D eigenvalue weighted by Gasteiger charge is 2.37. The molecule has 9 nitrogen and oxygen atoms in total. The van der Waals surface area contributed by atoms with Crippen molar-refractivity contribution < 1.29 is 37.0 Å². The molecule has 5 aliphatic rings. The Balaban J connectivity index is 0.000000166. The number of benzene rings is 4. The summed E-state index contributed by atoms with van der Waals surface area (Å²) < 4.78 is 55.4. The van der Waals surface area contributed by atoms with Crippen LogP contribution in [-0.2, 0) is 46.6 Å². The second-order valence-electron chi connectivity index (χ2n) is 19.6. The van der Waals surface area contributed by atoms with Crippen molar-refractivity contribution in [3.8, 4) is 11.5 Å². The Morgan fingerprint density at radius 2 is 1.30 bits per heavy atom. The molecule has 0 unspecified atom stereocenters. The third-order valence-corrected chi connectivity index (χ3v) is 14.7. The monoisotopic (exact) mass is 982 g/mol. The average Bonchev–Trinajstić information content (AvgIpc) is 3.29. The number of hydrogen-bond acceptors (Lipinski definition) is 7. The van der Waals surface area contributed by atoms with Gasteiger partial charge in [-0.2, -0.15) is 13.2 Å². The summed E-state index contributed by atoms with van der Waals surface area (Å²) in [6, 6.07) is 25.2. The number of nitrogens with one attached hydrogen (secondary N) is 2. The Morgan fingerprint density at radius 1 is 0.729 bits per heavy atom. The van der Waals surface area contributed by atoms with Gasteiger partial charge in [0.1, 0.15) is 18.1 Å². The molecule has 4 aromatic carbocycles. The molecule has 2 heterocycles.